The molecule has 4 nitrogen and oxygen atoms in total. The molecule has 0 aliphatic rings. The smallest absolute Gasteiger partial charge is 0.0715 e. The van der Waals surface area contributed by atoms with E-state index in [4.69, 9.17) is 0 Å². The van der Waals surface area contributed by atoms with Crippen LogP contribution in [0.1, 0.15) is 45.9 Å². The highest BCUT2D eigenvalue weighted by Gasteiger charge is 2.20. The molecular formula is C12H23N3O. The molecule has 0 unspecified atom stereocenters. The predicted molar refractivity (Wildman–Crippen MR) is 65.3 cm³/mol. The summed E-state index contributed by atoms with van der Waals surface area (Å²) >= 11 is 0. The number of aliphatic hydroxyl groups is 1. The quantitative estimate of drug-likeness (QED) is 0.729. The van der Waals surface area contributed by atoms with Crippen molar-refractivity contribution >= 4 is 0 Å². The normalized spacial score (nSPS) is 13.1. The van der Waals surface area contributed by atoms with Gasteiger partial charge in [0.05, 0.1) is 11.8 Å². The van der Waals surface area contributed by atoms with Crippen molar-refractivity contribution in [3.8, 4) is 0 Å². The number of aromatic amines is 1. The molecule has 1 aromatic heterocycles. The third-order valence-corrected chi connectivity index (χ3v) is 2.34. The van der Waals surface area contributed by atoms with E-state index in [9.17, 15) is 5.11 Å². The van der Waals surface area contributed by atoms with Gasteiger partial charge in [0, 0.05) is 29.8 Å². The summed E-state index contributed by atoms with van der Waals surface area (Å²) in [5.41, 5.74) is 1.71. The van der Waals surface area contributed by atoms with Crippen molar-refractivity contribution in [1.82, 2.24) is 15.5 Å². The molecule has 3 N–H and O–H groups in total. The van der Waals surface area contributed by atoms with Gasteiger partial charge in [-0.15, -0.1) is 0 Å². The van der Waals surface area contributed by atoms with Crippen molar-refractivity contribution < 1.29 is 5.11 Å². The minimum atomic E-state index is -0.675. The Balaban J connectivity index is 2.59. The summed E-state index contributed by atoms with van der Waals surface area (Å²) < 4.78 is 0. The van der Waals surface area contributed by atoms with E-state index in [-0.39, 0.29) is 5.41 Å². The van der Waals surface area contributed by atoms with E-state index in [1.165, 1.54) is 0 Å². The predicted octanol–water partition coefficient (Wildman–Crippen LogP) is 1.57. The molecule has 0 aliphatic heterocycles. The Morgan fingerprint density at radius 3 is 2.44 bits per heavy atom. The average Bonchev–Trinajstić information content (AvgIpc) is 2.48. The number of aromatic nitrogens is 2. The summed E-state index contributed by atoms with van der Waals surface area (Å²) in [7, 11) is 0. The minimum absolute atomic E-state index is 0.0717. The van der Waals surface area contributed by atoms with E-state index in [1.54, 1.807) is 13.8 Å². The summed E-state index contributed by atoms with van der Waals surface area (Å²) in [6.45, 7) is 11.3. The summed E-state index contributed by atoms with van der Waals surface area (Å²) in [5.74, 6) is 0. The van der Waals surface area contributed by atoms with E-state index in [0.29, 0.717) is 6.54 Å². The Morgan fingerprint density at radius 2 is 1.94 bits per heavy atom. The van der Waals surface area contributed by atoms with Gasteiger partial charge in [-0.3, -0.25) is 5.10 Å². The van der Waals surface area contributed by atoms with Crippen LogP contribution in [-0.2, 0) is 12.0 Å². The van der Waals surface area contributed by atoms with Gasteiger partial charge in [-0.1, -0.05) is 20.8 Å². The fourth-order valence-corrected chi connectivity index (χ4v) is 1.60. The number of H-pyrrole nitrogens is 1. The molecule has 0 amide bonds. The highest BCUT2D eigenvalue weighted by molar-refractivity contribution is 5.23. The van der Waals surface area contributed by atoms with Crippen molar-refractivity contribution in [2.75, 3.05) is 6.54 Å². The van der Waals surface area contributed by atoms with E-state index < -0.39 is 5.60 Å². The van der Waals surface area contributed by atoms with Crippen LogP contribution in [0, 0.1) is 0 Å². The SMILES string of the molecule is CC(C)(O)CNCc1cn[nH]c1C(C)(C)C. The first-order chi connectivity index (χ1) is 7.20. The van der Waals surface area contributed by atoms with Gasteiger partial charge >= 0.3 is 0 Å². The third kappa shape index (κ3) is 3.94. The van der Waals surface area contributed by atoms with E-state index in [2.05, 4.69) is 36.3 Å². The lowest BCUT2D eigenvalue weighted by atomic mass is 9.89. The molecule has 0 radical (unpaired) electrons. The second kappa shape index (κ2) is 4.55. The van der Waals surface area contributed by atoms with Crippen molar-refractivity contribution in [1.29, 1.82) is 0 Å². The van der Waals surface area contributed by atoms with E-state index in [1.807, 2.05) is 6.20 Å². The van der Waals surface area contributed by atoms with Crippen LogP contribution in [0.3, 0.4) is 0 Å². The Morgan fingerprint density at radius 1 is 1.31 bits per heavy atom. The largest absolute Gasteiger partial charge is 0.389 e. The summed E-state index contributed by atoms with van der Waals surface area (Å²) in [6, 6.07) is 0. The zero-order chi connectivity index (χ0) is 12.4. The van der Waals surface area contributed by atoms with Crippen molar-refractivity contribution in [2.24, 2.45) is 0 Å². The maximum absolute atomic E-state index is 9.59. The minimum Gasteiger partial charge on any atom is -0.389 e. The van der Waals surface area contributed by atoms with Crippen LogP contribution in [-0.4, -0.2) is 27.4 Å². The topological polar surface area (TPSA) is 60.9 Å². The number of nitrogens with zero attached hydrogens (tertiary/aromatic N) is 1. The second-order valence-electron chi connectivity index (χ2n) is 5.94. The van der Waals surface area contributed by atoms with Crippen LogP contribution in [0.5, 0.6) is 0 Å². The number of nitrogens with one attached hydrogen (secondary N) is 2. The van der Waals surface area contributed by atoms with E-state index in [0.717, 1.165) is 17.8 Å². The molecule has 1 rings (SSSR count). The number of hydrogen-bond acceptors (Lipinski definition) is 3. The third-order valence-electron chi connectivity index (χ3n) is 2.34. The van der Waals surface area contributed by atoms with Crippen LogP contribution in [0.4, 0.5) is 0 Å². The Hall–Kier alpha value is -0.870. The zero-order valence-corrected chi connectivity index (χ0v) is 10.9. The average molecular weight is 225 g/mol. The van der Waals surface area contributed by atoms with Gasteiger partial charge in [0.1, 0.15) is 0 Å². The van der Waals surface area contributed by atoms with Gasteiger partial charge < -0.3 is 10.4 Å². The van der Waals surface area contributed by atoms with Gasteiger partial charge in [-0.05, 0) is 13.8 Å². The molecule has 0 saturated heterocycles. The van der Waals surface area contributed by atoms with Crippen LogP contribution < -0.4 is 5.32 Å². The highest BCUT2D eigenvalue weighted by Crippen LogP contribution is 2.23. The van der Waals surface area contributed by atoms with Crippen molar-refractivity contribution in [3.05, 3.63) is 17.5 Å². The monoisotopic (exact) mass is 225 g/mol. The van der Waals surface area contributed by atoms with Gasteiger partial charge in [0.2, 0.25) is 0 Å². The molecule has 0 saturated carbocycles. The molecule has 0 spiro atoms. The Labute approximate surface area is 97.5 Å². The lowest BCUT2D eigenvalue weighted by molar-refractivity contribution is 0.0795. The van der Waals surface area contributed by atoms with Crippen molar-refractivity contribution in [3.63, 3.8) is 0 Å². The molecule has 0 bridgehead atoms. The molecule has 16 heavy (non-hydrogen) atoms. The van der Waals surface area contributed by atoms with Crippen molar-refractivity contribution in [2.45, 2.75) is 52.2 Å². The molecule has 4 heteroatoms. The number of rotatable bonds is 4. The molecule has 1 heterocycles. The maximum atomic E-state index is 9.59. The van der Waals surface area contributed by atoms with E-state index >= 15 is 0 Å². The fraction of sp³-hybridized carbons (Fsp3) is 0.750. The molecule has 0 aromatic carbocycles. The van der Waals surface area contributed by atoms with Crippen LogP contribution in [0.15, 0.2) is 6.20 Å². The first kappa shape index (κ1) is 13.2. The fourth-order valence-electron chi connectivity index (χ4n) is 1.60. The maximum Gasteiger partial charge on any atom is 0.0715 e. The van der Waals surface area contributed by atoms with Crippen LogP contribution >= 0.6 is 0 Å². The standard InChI is InChI=1S/C12H23N3O/c1-11(2,3)10-9(7-14-15-10)6-13-8-12(4,5)16/h7,13,16H,6,8H2,1-5H3,(H,14,15). The summed E-state index contributed by atoms with van der Waals surface area (Å²) in [6.07, 6.45) is 1.85. The lowest BCUT2D eigenvalue weighted by Gasteiger charge is -2.20. The molecule has 0 aliphatic carbocycles. The zero-order valence-electron chi connectivity index (χ0n) is 10.9. The lowest BCUT2D eigenvalue weighted by Crippen LogP contribution is -2.34. The van der Waals surface area contributed by atoms with Gasteiger partial charge in [-0.2, -0.15) is 5.10 Å². The Bertz CT molecular complexity index is 331. The second-order valence-corrected chi connectivity index (χ2v) is 5.94. The summed E-state index contributed by atoms with van der Waals surface area (Å²) in [4.78, 5) is 0. The van der Waals surface area contributed by atoms with Crippen LogP contribution in [0.25, 0.3) is 0 Å². The number of hydrogen-bond donors (Lipinski definition) is 3. The summed E-state index contributed by atoms with van der Waals surface area (Å²) in [5, 5.41) is 19.9. The molecular weight excluding hydrogens is 202 g/mol. The van der Waals surface area contributed by atoms with Crippen LogP contribution in [0.2, 0.25) is 0 Å². The first-order valence-corrected chi connectivity index (χ1v) is 5.66. The van der Waals surface area contributed by atoms with Gasteiger partial charge in [-0.25, -0.2) is 0 Å². The Kier molecular flexibility index (Phi) is 3.76. The molecule has 92 valence electrons. The van der Waals surface area contributed by atoms with Gasteiger partial charge in [0.15, 0.2) is 0 Å². The molecule has 0 fully saturated rings. The molecule has 0 atom stereocenters. The highest BCUT2D eigenvalue weighted by atomic mass is 16.3. The first-order valence-electron chi connectivity index (χ1n) is 5.66. The molecule has 1 aromatic rings. The van der Waals surface area contributed by atoms with Gasteiger partial charge in [0.25, 0.3) is 0 Å².